The van der Waals surface area contributed by atoms with Gasteiger partial charge in [-0.25, -0.2) is 8.42 Å². The van der Waals surface area contributed by atoms with Crippen LogP contribution in [0.3, 0.4) is 0 Å². The monoisotopic (exact) mass is 454 g/mol. The molecule has 0 bridgehead atoms. The zero-order valence-corrected chi connectivity index (χ0v) is 17.0. The smallest absolute Gasteiger partial charge is 0.255 e. The molecule has 9 heteroatoms. The lowest BCUT2D eigenvalue weighted by Crippen LogP contribution is -2.40. The number of halogens is 1. The lowest BCUT2D eigenvalue weighted by molar-refractivity contribution is 0.0730. The molecule has 0 aromatic heterocycles. The van der Waals surface area contributed by atoms with Crippen LogP contribution in [0.5, 0.6) is 5.75 Å². The number of anilines is 1. The van der Waals surface area contributed by atoms with Crippen LogP contribution in [-0.2, 0) is 14.8 Å². The first kappa shape index (κ1) is 19.8. The molecule has 1 aliphatic heterocycles. The number of rotatable bonds is 5. The molecule has 2 aromatic carbocycles. The highest BCUT2D eigenvalue weighted by atomic mass is 79.9. The van der Waals surface area contributed by atoms with Gasteiger partial charge in [0, 0.05) is 34.9 Å². The van der Waals surface area contributed by atoms with Crippen molar-refractivity contribution in [3.8, 4) is 5.75 Å². The highest BCUT2D eigenvalue weighted by Crippen LogP contribution is 2.27. The maximum absolute atomic E-state index is 12.9. The van der Waals surface area contributed by atoms with Crippen LogP contribution in [0.25, 0.3) is 0 Å². The topological polar surface area (TPSA) is 84.9 Å². The van der Waals surface area contributed by atoms with E-state index >= 15 is 0 Å². The minimum absolute atomic E-state index is 0.0580. The molecule has 1 heterocycles. The van der Waals surface area contributed by atoms with E-state index in [-0.39, 0.29) is 23.5 Å². The number of morpholine rings is 1. The zero-order valence-electron chi connectivity index (χ0n) is 14.6. The minimum atomic E-state index is -3.73. The van der Waals surface area contributed by atoms with Gasteiger partial charge in [-0.3, -0.25) is 4.79 Å². The molecule has 1 N–H and O–H groups in total. The van der Waals surface area contributed by atoms with Gasteiger partial charge >= 0.3 is 0 Å². The Kier molecular flexibility index (Phi) is 6.15. The van der Waals surface area contributed by atoms with Gasteiger partial charge in [0.25, 0.3) is 5.91 Å². The molecule has 1 aliphatic rings. The maximum atomic E-state index is 12.9. The number of carbonyl (C=O) groups excluding carboxylic acids is 1. The summed E-state index contributed by atoms with van der Waals surface area (Å²) in [6.07, 6.45) is 0. The highest BCUT2D eigenvalue weighted by Gasteiger charge is 2.29. The van der Waals surface area contributed by atoms with Crippen molar-refractivity contribution in [1.29, 1.82) is 0 Å². The van der Waals surface area contributed by atoms with Crippen molar-refractivity contribution in [2.75, 3.05) is 38.7 Å². The fraction of sp³-hybridized carbons (Fsp3) is 0.278. The average molecular weight is 455 g/mol. The van der Waals surface area contributed by atoms with Gasteiger partial charge in [0.15, 0.2) is 0 Å². The predicted octanol–water partition coefficient (Wildman–Crippen LogP) is 2.73. The molecule has 0 saturated carbocycles. The Labute approximate surface area is 166 Å². The normalized spacial score (nSPS) is 15.3. The molecule has 1 amide bonds. The first-order chi connectivity index (χ1) is 12.9. The van der Waals surface area contributed by atoms with Crippen LogP contribution in [0.1, 0.15) is 10.4 Å². The molecular weight excluding hydrogens is 436 g/mol. The summed E-state index contributed by atoms with van der Waals surface area (Å²) in [6, 6.07) is 11.4. The van der Waals surface area contributed by atoms with Crippen LogP contribution in [-0.4, -0.2) is 52.0 Å². The molecule has 0 aliphatic carbocycles. The lowest BCUT2D eigenvalue weighted by atomic mass is 10.2. The van der Waals surface area contributed by atoms with E-state index in [4.69, 9.17) is 9.47 Å². The van der Waals surface area contributed by atoms with Crippen molar-refractivity contribution < 1.29 is 22.7 Å². The minimum Gasteiger partial charge on any atom is -0.497 e. The van der Waals surface area contributed by atoms with Crippen LogP contribution < -0.4 is 10.1 Å². The fourth-order valence-corrected chi connectivity index (χ4v) is 5.03. The Morgan fingerprint density at radius 3 is 2.63 bits per heavy atom. The SMILES string of the molecule is COc1cccc(NC(=O)c2ccc(Br)c(S(=O)(=O)N3CCOCC3)c2)c1. The van der Waals surface area contributed by atoms with Gasteiger partial charge < -0.3 is 14.8 Å². The van der Waals surface area contributed by atoms with E-state index in [1.165, 1.54) is 10.4 Å². The largest absolute Gasteiger partial charge is 0.497 e. The molecule has 3 rings (SSSR count). The van der Waals surface area contributed by atoms with Crippen molar-refractivity contribution in [2.45, 2.75) is 4.90 Å². The van der Waals surface area contributed by atoms with E-state index in [1.54, 1.807) is 43.5 Å². The molecule has 1 fully saturated rings. The van der Waals surface area contributed by atoms with E-state index in [1.807, 2.05) is 0 Å². The second-order valence-electron chi connectivity index (χ2n) is 5.85. The number of hydrogen-bond acceptors (Lipinski definition) is 5. The zero-order chi connectivity index (χ0) is 19.4. The number of ether oxygens (including phenoxy) is 2. The summed E-state index contributed by atoms with van der Waals surface area (Å²) in [6.45, 7) is 1.28. The molecular formula is C18H19BrN2O5S. The molecule has 0 spiro atoms. The van der Waals surface area contributed by atoms with Gasteiger partial charge in [0.2, 0.25) is 10.0 Å². The van der Waals surface area contributed by atoms with E-state index < -0.39 is 15.9 Å². The molecule has 0 atom stereocenters. The van der Waals surface area contributed by atoms with Crippen LogP contribution in [0.15, 0.2) is 51.8 Å². The van der Waals surface area contributed by atoms with Gasteiger partial charge in [-0.1, -0.05) is 6.07 Å². The first-order valence-electron chi connectivity index (χ1n) is 8.24. The van der Waals surface area contributed by atoms with Gasteiger partial charge in [0.1, 0.15) is 5.75 Å². The number of nitrogens with zero attached hydrogens (tertiary/aromatic N) is 1. The van der Waals surface area contributed by atoms with Crippen molar-refractivity contribution in [2.24, 2.45) is 0 Å². The van der Waals surface area contributed by atoms with Crippen molar-refractivity contribution >= 4 is 37.5 Å². The average Bonchev–Trinajstić information content (AvgIpc) is 2.69. The van der Waals surface area contributed by atoms with Crippen LogP contribution in [0.4, 0.5) is 5.69 Å². The summed E-state index contributed by atoms with van der Waals surface area (Å²) in [4.78, 5) is 12.6. The molecule has 7 nitrogen and oxygen atoms in total. The Balaban J connectivity index is 1.87. The number of benzene rings is 2. The van der Waals surface area contributed by atoms with Crippen molar-refractivity contribution in [3.63, 3.8) is 0 Å². The Hall–Kier alpha value is -1.94. The molecule has 2 aromatic rings. The van der Waals surface area contributed by atoms with Gasteiger partial charge in [0.05, 0.1) is 25.2 Å². The van der Waals surface area contributed by atoms with Crippen molar-refractivity contribution in [1.82, 2.24) is 4.31 Å². The number of carbonyl (C=O) groups is 1. The number of methoxy groups -OCH3 is 1. The molecule has 0 radical (unpaired) electrons. The Morgan fingerprint density at radius 1 is 1.19 bits per heavy atom. The molecule has 144 valence electrons. The highest BCUT2D eigenvalue weighted by molar-refractivity contribution is 9.10. The van der Waals surface area contributed by atoms with E-state index in [0.29, 0.717) is 29.1 Å². The summed E-state index contributed by atoms with van der Waals surface area (Å²) in [7, 11) is -2.19. The number of nitrogens with one attached hydrogen (secondary N) is 1. The van der Waals surface area contributed by atoms with E-state index in [2.05, 4.69) is 21.2 Å². The van der Waals surface area contributed by atoms with Gasteiger partial charge in [-0.15, -0.1) is 0 Å². The lowest BCUT2D eigenvalue weighted by Gasteiger charge is -2.26. The number of sulfonamides is 1. The van der Waals surface area contributed by atoms with E-state index in [0.717, 1.165) is 0 Å². The van der Waals surface area contributed by atoms with Crippen molar-refractivity contribution in [3.05, 3.63) is 52.5 Å². The summed E-state index contributed by atoms with van der Waals surface area (Å²) in [5.74, 6) is 0.202. The molecule has 1 saturated heterocycles. The second kappa shape index (κ2) is 8.39. The summed E-state index contributed by atoms with van der Waals surface area (Å²) < 4.78 is 38.0. The predicted molar refractivity (Wildman–Crippen MR) is 105 cm³/mol. The molecule has 0 unspecified atom stereocenters. The molecule has 27 heavy (non-hydrogen) atoms. The van der Waals surface area contributed by atoms with Crippen LogP contribution in [0, 0.1) is 0 Å². The third-order valence-electron chi connectivity index (χ3n) is 4.11. The summed E-state index contributed by atoms with van der Waals surface area (Å²) in [5, 5.41) is 2.75. The van der Waals surface area contributed by atoms with E-state index in [9.17, 15) is 13.2 Å². The standard InChI is InChI=1S/C18H19BrN2O5S/c1-25-15-4-2-3-14(12-15)20-18(22)13-5-6-16(19)17(11-13)27(23,24)21-7-9-26-10-8-21/h2-6,11-12H,7-10H2,1H3,(H,20,22). The summed E-state index contributed by atoms with van der Waals surface area (Å²) in [5.41, 5.74) is 0.799. The van der Waals surface area contributed by atoms with Gasteiger partial charge in [-0.05, 0) is 46.3 Å². The van der Waals surface area contributed by atoms with Crippen LogP contribution in [0.2, 0.25) is 0 Å². The maximum Gasteiger partial charge on any atom is 0.255 e. The third kappa shape index (κ3) is 4.49. The Bertz CT molecular complexity index is 943. The second-order valence-corrected chi connectivity index (χ2v) is 8.61. The quantitative estimate of drug-likeness (QED) is 0.750. The van der Waals surface area contributed by atoms with Crippen LogP contribution >= 0.6 is 15.9 Å². The fourth-order valence-electron chi connectivity index (χ4n) is 2.67. The Morgan fingerprint density at radius 2 is 1.93 bits per heavy atom. The summed E-state index contributed by atoms with van der Waals surface area (Å²) >= 11 is 3.28. The third-order valence-corrected chi connectivity index (χ3v) is 7.00. The number of amides is 1. The number of hydrogen-bond donors (Lipinski definition) is 1. The first-order valence-corrected chi connectivity index (χ1v) is 10.5. The van der Waals surface area contributed by atoms with Gasteiger partial charge in [-0.2, -0.15) is 4.31 Å².